The Morgan fingerprint density at radius 1 is 1.50 bits per heavy atom. The molecule has 1 aromatic rings. The molecule has 0 aromatic carbocycles. The maximum atomic E-state index is 4.06. The van der Waals surface area contributed by atoms with E-state index >= 15 is 0 Å². The number of hydrogen-bond donors (Lipinski definition) is 0. The third-order valence-electron chi connectivity index (χ3n) is 2.40. The van der Waals surface area contributed by atoms with Crippen molar-refractivity contribution >= 4 is 0 Å². The first-order valence-electron chi connectivity index (χ1n) is 4.38. The van der Waals surface area contributed by atoms with Crippen LogP contribution in [0.2, 0.25) is 0 Å². The summed E-state index contributed by atoms with van der Waals surface area (Å²) in [6, 6.07) is 0. The molecule has 0 radical (unpaired) electrons. The Labute approximate surface area is 73.8 Å². The van der Waals surface area contributed by atoms with Crippen LogP contribution in [0.15, 0.2) is 6.33 Å². The molecule has 0 aliphatic rings. The van der Waals surface area contributed by atoms with Gasteiger partial charge in [-0.3, -0.25) is 0 Å². The lowest BCUT2D eigenvalue weighted by Gasteiger charge is -2.21. The van der Waals surface area contributed by atoms with Gasteiger partial charge in [0.25, 0.3) is 0 Å². The molecule has 0 unspecified atom stereocenters. The average Bonchev–Trinajstić information content (AvgIpc) is 2.36. The maximum Gasteiger partial charge on any atom is 0.133 e. The largest absolute Gasteiger partial charge is 0.321 e. The molecule has 0 amide bonds. The lowest BCUT2D eigenvalue weighted by molar-refractivity contribution is 0.337. The molecule has 12 heavy (non-hydrogen) atoms. The maximum absolute atomic E-state index is 4.06. The highest BCUT2D eigenvalue weighted by Gasteiger charge is 2.18. The third-order valence-corrected chi connectivity index (χ3v) is 2.40. The SMILES string of the molecule is CCC(C)(C)Cc1nncn1C. The van der Waals surface area contributed by atoms with Crippen molar-refractivity contribution in [1.82, 2.24) is 14.8 Å². The number of aromatic nitrogens is 3. The molecule has 3 heteroatoms. The molecular formula is C9H17N3. The van der Waals surface area contributed by atoms with Crippen LogP contribution in [0.3, 0.4) is 0 Å². The first kappa shape index (κ1) is 9.23. The van der Waals surface area contributed by atoms with E-state index in [2.05, 4.69) is 31.0 Å². The van der Waals surface area contributed by atoms with Crippen molar-refractivity contribution in [2.45, 2.75) is 33.6 Å². The minimum atomic E-state index is 0.334. The predicted octanol–water partition coefficient (Wildman–Crippen LogP) is 1.79. The van der Waals surface area contributed by atoms with Gasteiger partial charge in [0, 0.05) is 13.5 Å². The number of aryl methyl sites for hydroxylation is 1. The van der Waals surface area contributed by atoms with E-state index in [4.69, 9.17) is 0 Å². The summed E-state index contributed by atoms with van der Waals surface area (Å²) < 4.78 is 1.98. The number of nitrogens with zero attached hydrogens (tertiary/aromatic N) is 3. The molecular weight excluding hydrogens is 150 g/mol. The van der Waals surface area contributed by atoms with E-state index in [1.807, 2.05) is 11.6 Å². The Balaban J connectivity index is 2.70. The summed E-state index contributed by atoms with van der Waals surface area (Å²) in [6.07, 6.45) is 3.92. The van der Waals surface area contributed by atoms with E-state index in [-0.39, 0.29) is 0 Å². The minimum Gasteiger partial charge on any atom is -0.321 e. The number of rotatable bonds is 3. The fraction of sp³-hybridized carbons (Fsp3) is 0.778. The fourth-order valence-electron chi connectivity index (χ4n) is 1.02. The second-order valence-corrected chi connectivity index (χ2v) is 4.05. The predicted molar refractivity (Wildman–Crippen MR) is 48.8 cm³/mol. The zero-order valence-corrected chi connectivity index (χ0v) is 8.33. The van der Waals surface area contributed by atoms with Crippen molar-refractivity contribution < 1.29 is 0 Å². The Hall–Kier alpha value is -0.860. The average molecular weight is 167 g/mol. The van der Waals surface area contributed by atoms with Gasteiger partial charge < -0.3 is 4.57 Å². The molecule has 3 nitrogen and oxygen atoms in total. The lowest BCUT2D eigenvalue weighted by Crippen LogP contribution is -2.16. The highest BCUT2D eigenvalue weighted by atomic mass is 15.2. The van der Waals surface area contributed by atoms with E-state index in [0.717, 1.165) is 12.2 Å². The Kier molecular flexibility index (Phi) is 2.50. The summed E-state index contributed by atoms with van der Waals surface area (Å²) >= 11 is 0. The van der Waals surface area contributed by atoms with E-state index in [0.29, 0.717) is 5.41 Å². The summed E-state index contributed by atoms with van der Waals surface area (Å²) in [7, 11) is 1.99. The van der Waals surface area contributed by atoms with E-state index in [1.54, 1.807) is 6.33 Å². The van der Waals surface area contributed by atoms with Gasteiger partial charge in [-0.2, -0.15) is 0 Å². The van der Waals surface area contributed by atoms with Crippen LogP contribution in [0.5, 0.6) is 0 Å². The molecule has 0 saturated heterocycles. The van der Waals surface area contributed by atoms with Crippen LogP contribution in [0, 0.1) is 5.41 Å². The van der Waals surface area contributed by atoms with Crippen molar-refractivity contribution in [1.29, 1.82) is 0 Å². The highest BCUT2D eigenvalue weighted by molar-refractivity contribution is 4.89. The highest BCUT2D eigenvalue weighted by Crippen LogP contribution is 2.23. The van der Waals surface area contributed by atoms with Gasteiger partial charge in [0.15, 0.2) is 0 Å². The van der Waals surface area contributed by atoms with Gasteiger partial charge in [0.2, 0.25) is 0 Å². The van der Waals surface area contributed by atoms with Gasteiger partial charge in [0.05, 0.1) is 0 Å². The molecule has 1 aromatic heterocycles. The first-order valence-corrected chi connectivity index (χ1v) is 4.38. The van der Waals surface area contributed by atoms with Crippen molar-refractivity contribution in [3.8, 4) is 0 Å². The van der Waals surface area contributed by atoms with Crippen LogP contribution in [0.1, 0.15) is 33.0 Å². The van der Waals surface area contributed by atoms with Gasteiger partial charge in [-0.05, 0) is 5.41 Å². The van der Waals surface area contributed by atoms with Crippen LogP contribution in [0.25, 0.3) is 0 Å². The summed E-state index contributed by atoms with van der Waals surface area (Å²) in [4.78, 5) is 0. The molecule has 0 atom stereocenters. The van der Waals surface area contributed by atoms with E-state index in [9.17, 15) is 0 Å². The van der Waals surface area contributed by atoms with Gasteiger partial charge in [-0.25, -0.2) is 0 Å². The zero-order chi connectivity index (χ0) is 9.19. The monoisotopic (exact) mass is 167 g/mol. The minimum absolute atomic E-state index is 0.334. The van der Waals surface area contributed by atoms with Gasteiger partial charge in [-0.1, -0.05) is 27.2 Å². The van der Waals surface area contributed by atoms with Gasteiger partial charge in [-0.15, -0.1) is 10.2 Å². The quantitative estimate of drug-likeness (QED) is 0.687. The van der Waals surface area contributed by atoms with Gasteiger partial charge >= 0.3 is 0 Å². The molecule has 68 valence electrons. The first-order chi connectivity index (χ1) is 5.55. The summed E-state index contributed by atoms with van der Waals surface area (Å²) in [5, 5.41) is 7.92. The molecule has 0 aliphatic heterocycles. The fourth-order valence-corrected chi connectivity index (χ4v) is 1.02. The van der Waals surface area contributed by atoms with Gasteiger partial charge in [0.1, 0.15) is 12.2 Å². The normalized spacial score (nSPS) is 12.0. The summed E-state index contributed by atoms with van der Waals surface area (Å²) in [6.45, 7) is 6.71. The number of hydrogen-bond acceptors (Lipinski definition) is 2. The standard InChI is InChI=1S/C9H17N3/c1-5-9(2,3)6-8-11-10-7-12(8)4/h7H,5-6H2,1-4H3. The van der Waals surface area contributed by atoms with Crippen LogP contribution in [-0.4, -0.2) is 14.8 Å². The summed E-state index contributed by atoms with van der Waals surface area (Å²) in [5.74, 6) is 1.07. The molecule has 0 aliphatic carbocycles. The molecule has 0 fully saturated rings. The van der Waals surface area contributed by atoms with Crippen LogP contribution in [-0.2, 0) is 13.5 Å². The molecule has 0 bridgehead atoms. The lowest BCUT2D eigenvalue weighted by atomic mass is 9.86. The zero-order valence-electron chi connectivity index (χ0n) is 8.33. The van der Waals surface area contributed by atoms with E-state index in [1.165, 1.54) is 6.42 Å². The molecule has 1 heterocycles. The van der Waals surface area contributed by atoms with Crippen LogP contribution >= 0.6 is 0 Å². The Morgan fingerprint density at radius 2 is 2.17 bits per heavy atom. The molecule has 0 spiro atoms. The second-order valence-electron chi connectivity index (χ2n) is 4.05. The molecule has 1 rings (SSSR count). The topological polar surface area (TPSA) is 30.7 Å². The Morgan fingerprint density at radius 3 is 2.58 bits per heavy atom. The second kappa shape index (κ2) is 3.25. The molecule has 0 saturated carbocycles. The van der Waals surface area contributed by atoms with Crippen molar-refractivity contribution in [3.05, 3.63) is 12.2 Å². The summed E-state index contributed by atoms with van der Waals surface area (Å²) in [5.41, 5.74) is 0.334. The molecule has 0 N–H and O–H groups in total. The van der Waals surface area contributed by atoms with Crippen molar-refractivity contribution in [2.75, 3.05) is 0 Å². The van der Waals surface area contributed by atoms with Crippen LogP contribution < -0.4 is 0 Å². The Bertz CT molecular complexity index is 250. The smallest absolute Gasteiger partial charge is 0.133 e. The van der Waals surface area contributed by atoms with Crippen molar-refractivity contribution in [2.24, 2.45) is 12.5 Å². The van der Waals surface area contributed by atoms with E-state index < -0.39 is 0 Å². The third kappa shape index (κ3) is 2.06. The van der Waals surface area contributed by atoms with Crippen LogP contribution in [0.4, 0.5) is 0 Å². The van der Waals surface area contributed by atoms with Crippen molar-refractivity contribution in [3.63, 3.8) is 0 Å².